The van der Waals surface area contributed by atoms with Gasteiger partial charge in [-0.25, -0.2) is 24.9 Å². The van der Waals surface area contributed by atoms with Crippen molar-refractivity contribution in [2.24, 2.45) is 9.98 Å². The zero-order valence-corrected chi connectivity index (χ0v) is 36.3. The van der Waals surface area contributed by atoms with Crippen LogP contribution in [0.25, 0.3) is 56.4 Å². The summed E-state index contributed by atoms with van der Waals surface area (Å²) in [5, 5.41) is 8.90. The molecule has 0 bridgehead atoms. The lowest BCUT2D eigenvalue weighted by atomic mass is 9.74. The summed E-state index contributed by atoms with van der Waals surface area (Å²) in [7, 11) is 0. The van der Waals surface area contributed by atoms with Crippen molar-refractivity contribution >= 4 is 17.4 Å². The van der Waals surface area contributed by atoms with Gasteiger partial charge in [-0.3, -0.25) is 5.41 Å². The largest absolute Gasteiger partial charge is 0.457 e. The van der Waals surface area contributed by atoms with Crippen LogP contribution in [0.2, 0.25) is 0 Å². The molecule has 0 spiro atoms. The molecule has 9 aromatic rings. The molecule has 0 atom stereocenters. The normalized spacial score (nSPS) is 13.0. The van der Waals surface area contributed by atoms with Crippen molar-refractivity contribution < 1.29 is 4.74 Å². The average molecular weight is 841 g/mol. The predicted molar refractivity (Wildman–Crippen MR) is 264 cm³/mol. The molecule has 1 aliphatic rings. The van der Waals surface area contributed by atoms with Crippen LogP contribution in [0, 0.1) is 5.41 Å². The Balaban J connectivity index is 0.985. The van der Waals surface area contributed by atoms with Gasteiger partial charge in [-0.2, -0.15) is 0 Å². The fourth-order valence-corrected chi connectivity index (χ4v) is 8.27. The fourth-order valence-electron chi connectivity index (χ4n) is 8.27. The number of aliphatic imine (C=N–C) groups is 2. The lowest BCUT2D eigenvalue weighted by Crippen LogP contribution is -2.24. The van der Waals surface area contributed by atoms with Crippen molar-refractivity contribution in [3.63, 3.8) is 0 Å². The Bertz CT molecular complexity index is 3210. The molecule has 2 heterocycles. The van der Waals surface area contributed by atoms with E-state index < -0.39 is 5.41 Å². The fraction of sp³-hybridized carbons (Fsp3) is 0.0690. The highest BCUT2D eigenvalue weighted by molar-refractivity contribution is 6.16. The Hall–Kier alpha value is -8.42. The van der Waals surface area contributed by atoms with E-state index in [1.54, 1.807) is 0 Å². The van der Waals surface area contributed by atoms with Gasteiger partial charge in [0.1, 0.15) is 11.5 Å². The zero-order chi connectivity index (χ0) is 44.3. The summed E-state index contributed by atoms with van der Waals surface area (Å²) < 4.78 is 6.64. The number of nitrogens with one attached hydrogen (secondary N) is 1. The SMILES string of the molecule is C/C(=N\C(=N/C(=N)c1ccccc1)c1cccc(-c2ccc3c(c2)C(C)(C)c2cc(-c4cccc(-c5nc(-c6ccccc6)nc(-c6ccccc6)n5)c4)ccc2O3)c1)c1ccccc1. The van der Waals surface area contributed by atoms with Crippen molar-refractivity contribution in [2.45, 2.75) is 26.2 Å². The molecule has 0 fully saturated rings. The van der Waals surface area contributed by atoms with Crippen molar-refractivity contribution in [2.75, 3.05) is 0 Å². The summed E-state index contributed by atoms with van der Waals surface area (Å²) in [6, 6.07) is 69.2. The van der Waals surface area contributed by atoms with Crippen LogP contribution in [0.5, 0.6) is 11.5 Å². The quantitative estimate of drug-likeness (QED) is 0.122. The van der Waals surface area contributed by atoms with E-state index in [0.29, 0.717) is 23.3 Å². The molecular weight excluding hydrogens is 797 g/mol. The maximum Gasteiger partial charge on any atom is 0.164 e. The summed E-state index contributed by atoms with van der Waals surface area (Å²) in [5.41, 5.74) is 12.0. The summed E-state index contributed by atoms with van der Waals surface area (Å²) in [6.07, 6.45) is 0. The number of rotatable bonds is 8. The summed E-state index contributed by atoms with van der Waals surface area (Å²) in [5.74, 6) is 4.14. The van der Waals surface area contributed by atoms with Crippen LogP contribution in [-0.2, 0) is 5.41 Å². The van der Waals surface area contributed by atoms with Gasteiger partial charge in [0.05, 0.1) is 0 Å². The van der Waals surface area contributed by atoms with E-state index in [2.05, 4.69) is 86.6 Å². The molecule has 0 unspecified atom stereocenters. The molecule has 7 nitrogen and oxygen atoms in total. The van der Waals surface area contributed by atoms with Crippen molar-refractivity contribution in [3.8, 4) is 67.9 Å². The van der Waals surface area contributed by atoms with Gasteiger partial charge < -0.3 is 4.74 Å². The first kappa shape index (κ1) is 40.6. The molecular formula is C58H44N6O. The van der Waals surface area contributed by atoms with Gasteiger partial charge in [0.25, 0.3) is 0 Å². The van der Waals surface area contributed by atoms with Gasteiger partial charge in [0.15, 0.2) is 29.1 Å². The Labute approximate surface area is 379 Å². The molecule has 0 radical (unpaired) electrons. The van der Waals surface area contributed by atoms with E-state index >= 15 is 0 Å². The predicted octanol–water partition coefficient (Wildman–Crippen LogP) is 13.9. The zero-order valence-electron chi connectivity index (χ0n) is 36.3. The second-order valence-corrected chi connectivity index (χ2v) is 16.6. The lowest BCUT2D eigenvalue weighted by Gasteiger charge is -2.35. The number of hydrogen-bond donors (Lipinski definition) is 1. The maximum absolute atomic E-state index is 8.90. The topological polar surface area (TPSA) is 96.5 Å². The molecule has 0 aliphatic carbocycles. The minimum Gasteiger partial charge on any atom is -0.457 e. The van der Waals surface area contributed by atoms with Crippen molar-refractivity contribution in [3.05, 3.63) is 234 Å². The van der Waals surface area contributed by atoms with Crippen molar-refractivity contribution in [1.29, 1.82) is 5.41 Å². The molecule has 65 heavy (non-hydrogen) atoms. The van der Waals surface area contributed by atoms with E-state index in [-0.39, 0.29) is 5.84 Å². The highest BCUT2D eigenvalue weighted by Gasteiger charge is 2.35. The molecule has 7 heteroatoms. The molecule has 1 N–H and O–H groups in total. The molecule has 8 aromatic carbocycles. The summed E-state index contributed by atoms with van der Waals surface area (Å²) in [4.78, 5) is 24.7. The second kappa shape index (κ2) is 17.4. The number of amidine groups is 2. The smallest absolute Gasteiger partial charge is 0.164 e. The van der Waals surface area contributed by atoms with E-state index in [1.165, 1.54) is 0 Å². The van der Waals surface area contributed by atoms with Gasteiger partial charge in [0, 0.05) is 50.1 Å². The van der Waals surface area contributed by atoms with Crippen LogP contribution in [0.3, 0.4) is 0 Å². The molecule has 0 amide bonds. The molecule has 1 aliphatic heterocycles. The highest BCUT2D eigenvalue weighted by Crippen LogP contribution is 2.50. The third-order valence-corrected chi connectivity index (χ3v) is 11.9. The maximum atomic E-state index is 8.90. The average Bonchev–Trinajstić information content (AvgIpc) is 3.37. The van der Waals surface area contributed by atoms with Crippen LogP contribution >= 0.6 is 0 Å². The summed E-state index contributed by atoms with van der Waals surface area (Å²) in [6.45, 7) is 6.50. The van der Waals surface area contributed by atoms with Crippen LogP contribution in [-0.4, -0.2) is 32.3 Å². The molecule has 10 rings (SSSR count). The van der Waals surface area contributed by atoms with Crippen LogP contribution in [0.1, 0.15) is 48.6 Å². The third-order valence-electron chi connectivity index (χ3n) is 11.9. The van der Waals surface area contributed by atoms with Crippen LogP contribution in [0.4, 0.5) is 0 Å². The number of benzene rings is 8. The summed E-state index contributed by atoms with van der Waals surface area (Å²) >= 11 is 0. The van der Waals surface area contributed by atoms with Gasteiger partial charge in [-0.15, -0.1) is 0 Å². The van der Waals surface area contributed by atoms with Gasteiger partial charge in [0.2, 0.25) is 0 Å². The Kier molecular flexibility index (Phi) is 10.9. The van der Waals surface area contributed by atoms with E-state index in [1.807, 2.05) is 140 Å². The first-order chi connectivity index (χ1) is 31.8. The lowest BCUT2D eigenvalue weighted by molar-refractivity contribution is 0.418. The molecule has 1 aromatic heterocycles. The Morgan fingerprint density at radius 2 is 0.831 bits per heavy atom. The Morgan fingerprint density at radius 3 is 1.38 bits per heavy atom. The second-order valence-electron chi connectivity index (χ2n) is 16.6. The van der Waals surface area contributed by atoms with Crippen molar-refractivity contribution in [1.82, 2.24) is 15.0 Å². The third kappa shape index (κ3) is 8.43. The Morgan fingerprint density at radius 1 is 0.415 bits per heavy atom. The van der Waals surface area contributed by atoms with E-state index in [0.717, 1.165) is 84.0 Å². The standard InChI is InChI=1S/C58H44N6O/c1-38(39-18-8-4-9-19-39)60-56(61-53(59)40-20-10-5-11-21-40)47-28-16-26-43(34-47)45-30-32-51-49(36-45)58(2,3)50-37-46(31-33-52(50)65-51)44-27-17-29-48(35-44)57-63-54(41-22-12-6-13-23-41)62-55(64-57)42-24-14-7-15-25-42/h4-37,59H,1-3H3/b59-53?,60-38+,61-56-. The van der Waals surface area contributed by atoms with Gasteiger partial charge >= 0.3 is 0 Å². The van der Waals surface area contributed by atoms with Gasteiger partial charge in [-0.1, -0.05) is 184 Å². The minimum absolute atomic E-state index is 0.146. The first-order valence-corrected chi connectivity index (χ1v) is 21.7. The molecule has 0 saturated heterocycles. The highest BCUT2D eigenvalue weighted by atomic mass is 16.5. The first-order valence-electron chi connectivity index (χ1n) is 21.7. The van der Waals surface area contributed by atoms with E-state index in [9.17, 15) is 0 Å². The number of hydrogen-bond acceptors (Lipinski definition) is 5. The number of aromatic nitrogens is 3. The van der Waals surface area contributed by atoms with Crippen LogP contribution < -0.4 is 4.74 Å². The minimum atomic E-state index is -0.401. The number of fused-ring (bicyclic) bond motifs is 2. The van der Waals surface area contributed by atoms with Gasteiger partial charge in [-0.05, 0) is 71.1 Å². The molecule has 0 saturated carbocycles. The number of ether oxygens (including phenoxy) is 1. The van der Waals surface area contributed by atoms with Crippen LogP contribution in [0.15, 0.2) is 216 Å². The molecule has 312 valence electrons. The monoisotopic (exact) mass is 840 g/mol. The number of nitrogens with zero attached hydrogens (tertiary/aromatic N) is 5. The van der Waals surface area contributed by atoms with E-state index in [4.69, 9.17) is 35.1 Å².